The third-order valence-electron chi connectivity index (χ3n) is 4.25. The number of anilines is 3. The molecule has 0 aliphatic heterocycles. The Morgan fingerprint density at radius 1 is 1.15 bits per heavy atom. The molecule has 2 aromatic carbocycles. The van der Waals surface area contributed by atoms with Crippen LogP contribution in [0.15, 0.2) is 48.7 Å². The van der Waals surface area contributed by atoms with E-state index in [4.69, 9.17) is 4.74 Å². The van der Waals surface area contributed by atoms with Crippen molar-refractivity contribution in [2.45, 2.75) is 13.8 Å². The van der Waals surface area contributed by atoms with Crippen molar-refractivity contribution in [3.63, 3.8) is 0 Å². The van der Waals surface area contributed by atoms with Gasteiger partial charge in [0.25, 0.3) is 0 Å². The summed E-state index contributed by atoms with van der Waals surface area (Å²) in [5.74, 6) is -0.379. The normalized spacial score (nSPS) is 10.6. The van der Waals surface area contributed by atoms with Gasteiger partial charge in [-0.3, -0.25) is 4.98 Å². The van der Waals surface area contributed by atoms with Crippen LogP contribution < -0.4 is 10.2 Å². The van der Waals surface area contributed by atoms with Crippen LogP contribution in [-0.2, 0) is 4.74 Å². The zero-order valence-electron chi connectivity index (χ0n) is 15.5. The Morgan fingerprint density at radius 2 is 1.88 bits per heavy atom. The monoisotopic (exact) mass is 349 g/mol. The smallest absolute Gasteiger partial charge is 0.341 e. The molecule has 5 nitrogen and oxygen atoms in total. The Kier molecular flexibility index (Phi) is 5.07. The number of ether oxygens (including phenoxy) is 1. The Balaban J connectivity index is 2.10. The number of carbonyl (C=O) groups excluding carboxylic acids is 1. The van der Waals surface area contributed by atoms with Crippen molar-refractivity contribution < 1.29 is 9.53 Å². The molecule has 0 saturated heterocycles. The van der Waals surface area contributed by atoms with Crippen LogP contribution in [0.1, 0.15) is 22.8 Å². The molecule has 0 bridgehead atoms. The van der Waals surface area contributed by atoms with E-state index in [1.54, 1.807) is 13.1 Å². The largest absolute Gasteiger partial charge is 0.462 e. The Hall–Kier alpha value is -3.08. The molecule has 1 N–H and O–H groups in total. The van der Waals surface area contributed by atoms with Crippen LogP contribution in [0.5, 0.6) is 0 Å². The third-order valence-corrected chi connectivity index (χ3v) is 4.25. The molecule has 134 valence electrons. The summed E-state index contributed by atoms with van der Waals surface area (Å²) in [7, 11) is 4.00. The van der Waals surface area contributed by atoms with E-state index >= 15 is 0 Å². The maximum Gasteiger partial charge on any atom is 0.341 e. The first-order valence-electron chi connectivity index (χ1n) is 8.61. The molecule has 0 aliphatic carbocycles. The van der Waals surface area contributed by atoms with Crippen LogP contribution in [-0.4, -0.2) is 31.7 Å². The van der Waals surface area contributed by atoms with Crippen LogP contribution in [0.2, 0.25) is 0 Å². The summed E-state index contributed by atoms with van der Waals surface area (Å²) in [6.07, 6.45) is 1.59. The number of esters is 1. The van der Waals surface area contributed by atoms with Crippen molar-refractivity contribution in [3.8, 4) is 0 Å². The number of hydrogen-bond donors (Lipinski definition) is 1. The minimum Gasteiger partial charge on any atom is -0.462 e. The van der Waals surface area contributed by atoms with E-state index in [1.165, 1.54) is 0 Å². The zero-order chi connectivity index (χ0) is 18.7. The summed E-state index contributed by atoms with van der Waals surface area (Å²) >= 11 is 0. The average molecular weight is 349 g/mol. The van der Waals surface area contributed by atoms with Gasteiger partial charge in [0, 0.05) is 37.1 Å². The quantitative estimate of drug-likeness (QED) is 0.686. The second-order valence-corrected chi connectivity index (χ2v) is 6.30. The number of pyridine rings is 1. The molecule has 1 heterocycles. The van der Waals surface area contributed by atoms with E-state index in [0.29, 0.717) is 12.2 Å². The molecule has 26 heavy (non-hydrogen) atoms. The fourth-order valence-corrected chi connectivity index (χ4v) is 2.86. The molecule has 0 amide bonds. The van der Waals surface area contributed by atoms with E-state index in [-0.39, 0.29) is 5.97 Å². The molecule has 0 saturated carbocycles. The Bertz CT molecular complexity index is 934. The van der Waals surface area contributed by atoms with Gasteiger partial charge in [0.05, 0.1) is 17.8 Å². The third kappa shape index (κ3) is 3.47. The molecule has 0 spiro atoms. The molecule has 5 heteroatoms. The summed E-state index contributed by atoms with van der Waals surface area (Å²) in [4.78, 5) is 18.9. The predicted molar refractivity (Wildman–Crippen MR) is 106 cm³/mol. The highest BCUT2D eigenvalue weighted by Gasteiger charge is 2.17. The average Bonchev–Trinajstić information content (AvgIpc) is 2.63. The highest BCUT2D eigenvalue weighted by molar-refractivity contribution is 6.06. The lowest BCUT2D eigenvalue weighted by molar-refractivity contribution is 0.0527. The van der Waals surface area contributed by atoms with Gasteiger partial charge in [-0.05, 0) is 43.7 Å². The van der Waals surface area contributed by atoms with Gasteiger partial charge in [-0.1, -0.05) is 18.2 Å². The van der Waals surface area contributed by atoms with Crippen molar-refractivity contribution in [2.24, 2.45) is 0 Å². The molecule has 0 atom stereocenters. The maximum atomic E-state index is 12.4. The first kappa shape index (κ1) is 17.7. The number of nitrogens with one attached hydrogen (secondary N) is 1. The summed E-state index contributed by atoms with van der Waals surface area (Å²) in [6, 6.07) is 14.0. The van der Waals surface area contributed by atoms with E-state index in [0.717, 1.165) is 33.5 Å². The van der Waals surface area contributed by atoms with Gasteiger partial charge >= 0.3 is 5.97 Å². The second-order valence-electron chi connectivity index (χ2n) is 6.30. The van der Waals surface area contributed by atoms with Crippen molar-refractivity contribution in [1.29, 1.82) is 0 Å². The number of para-hydroxylation sites is 1. The number of aromatic nitrogens is 1. The van der Waals surface area contributed by atoms with Crippen molar-refractivity contribution in [3.05, 3.63) is 59.8 Å². The van der Waals surface area contributed by atoms with E-state index in [1.807, 2.05) is 68.4 Å². The van der Waals surface area contributed by atoms with E-state index in [9.17, 15) is 4.79 Å². The van der Waals surface area contributed by atoms with Crippen LogP contribution in [0.3, 0.4) is 0 Å². The lowest BCUT2D eigenvalue weighted by Crippen LogP contribution is -2.10. The van der Waals surface area contributed by atoms with Gasteiger partial charge in [-0.25, -0.2) is 4.79 Å². The number of fused-ring (bicyclic) bond motifs is 1. The second kappa shape index (κ2) is 7.44. The Morgan fingerprint density at radius 3 is 2.54 bits per heavy atom. The number of hydrogen-bond acceptors (Lipinski definition) is 5. The van der Waals surface area contributed by atoms with E-state index in [2.05, 4.69) is 10.3 Å². The number of nitrogens with zero attached hydrogens (tertiary/aromatic N) is 2. The van der Waals surface area contributed by atoms with Gasteiger partial charge in [0.2, 0.25) is 0 Å². The lowest BCUT2D eigenvalue weighted by Gasteiger charge is -2.16. The summed E-state index contributed by atoms with van der Waals surface area (Å²) in [5.41, 5.74) is 5.08. The first-order chi connectivity index (χ1) is 12.5. The molecule has 0 radical (unpaired) electrons. The lowest BCUT2D eigenvalue weighted by atomic mass is 10.1. The van der Waals surface area contributed by atoms with Gasteiger partial charge in [-0.15, -0.1) is 0 Å². The van der Waals surface area contributed by atoms with Crippen molar-refractivity contribution >= 4 is 33.9 Å². The first-order valence-corrected chi connectivity index (χ1v) is 8.61. The SMILES string of the molecule is CCOC(=O)c1cnc2c(C)cccc2c1Nc1ccc(N(C)C)cc1. The fourth-order valence-electron chi connectivity index (χ4n) is 2.86. The number of benzene rings is 2. The molecular weight excluding hydrogens is 326 g/mol. The Labute approximate surface area is 153 Å². The van der Waals surface area contributed by atoms with Gasteiger partial charge in [-0.2, -0.15) is 0 Å². The fraction of sp³-hybridized carbons (Fsp3) is 0.238. The van der Waals surface area contributed by atoms with E-state index < -0.39 is 0 Å². The maximum absolute atomic E-state index is 12.4. The minimum atomic E-state index is -0.379. The van der Waals surface area contributed by atoms with Gasteiger partial charge in [0.1, 0.15) is 5.56 Å². The molecule has 0 unspecified atom stereocenters. The summed E-state index contributed by atoms with van der Waals surface area (Å²) in [6.45, 7) is 4.13. The number of carbonyl (C=O) groups is 1. The minimum absolute atomic E-state index is 0.321. The topological polar surface area (TPSA) is 54.5 Å². The molecule has 3 rings (SSSR count). The molecule has 0 aliphatic rings. The number of rotatable bonds is 5. The standard InChI is InChI=1S/C21H23N3O2/c1-5-26-21(25)18-13-22-19-14(2)7-6-8-17(19)20(18)23-15-9-11-16(12-10-15)24(3)4/h6-13H,5H2,1-4H3,(H,22,23). The van der Waals surface area contributed by atoms with Crippen LogP contribution in [0.25, 0.3) is 10.9 Å². The van der Waals surface area contributed by atoms with Crippen LogP contribution in [0, 0.1) is 6.92 Å². The zero-order valence-corrected chi connectivity index (χ0v) is 15.5. The van der Waals surface area contributed by atoms with Crippen LogP contribution >= 0.6 is 0 Å². The molecule has 1 aromatic heterocycles. The predicted octanol–water partition coefficient (Wildman–Crippen LogP) is 4.53. The van der Waals surface area contributed by atoms with Gasteiger partial charge < -0.3 is 15.0 Å². The highest BCUT2D eigenvalue weighted by atomic mass is 16.5. The number of aryl methyl sites for hydroxylation is 1. The highest BCUT2D eigenvalue weighted by Crippen LogP contribution is 2.31. The van der Waals surface area contributed by atoms with Crippen LogP contribution in [0.4, 0.5) is 17.1 Å². The van der Waals surface area contributed by atoms with Gasteiger partial charge in [0.15, 0.2) is 0 Å². The molecule has 3 aromatic rings. The van der Waals surface area contributed by atoms with Crippen molar-refractivity contribution in [1.82, 2.24) is 4.98 Å². The molecular formula is C21H23N3O2. The van der Waals surface area contributed by atoms with Crippen molar-refractivity contribution in [2.75, 3.05) is 30.9 Å². The molecule has 0 fully saturated rings. The summed E-state index contributed by atoms with van der Waals surface area (Å²) < 4.78 is 5.21. The summed E-state index contributed by atoms with van der Waals surface area (Å²) in [5, 5.41) is 4.28.